The summed E-state index contributed by atoms with van der Waals surface area (Å²) in [7, 11) is -9.46. The third-order valence-corrected chi connectivity index (χ3v) is 7.96. The van der Waals surface area contributed by atoms with Gasteiger partial charge in [-0.2, -0.15) is 0 Å². The largest absolute Gasteiger partial charge is 1.00 e. The Morgan fingerprint density at radius 1 is 0.977 bits per heavy atom. The molecule has 0 spiro atoms. The van der Waals surface area contributed by atoms with E-state index >= 15 is 0 Å². The smallest absolute Gasteiger partial charge is 0.747 e. The first kappa shape index (κ1) is 33.3. The average molecular weight is 665 g/mol. The van der Waals surface area contributed by atoms with Gasteiger partial charge in [-0.05, 0) is 48.4 Å². The van der Waals surface area contributed by atoms with Gasteiger partial charge in [0.15, 0.2) is 10.1 Å². The summed E-state index contributed by atoms with van der Waals surface area (Å²) < 4.78 is 78.0. The minimum atomic E-state index is -4.74. The summed E-state index contributed by atoms with van der Waals surface area (Å²) in [6, 6.07) is 17.5. The van der Waals surface area contributed by atoms with Gasteiger partial charge in [-0.25, -0.2) is 21.7 Å². The van der Waals surface area contributed by atoms with Gasteiger partial charge >= 0.3 is 57.3 Å². The molecule has 5 rings (SSSR count). The molecule has 0 N–H and O–H groups in total. The van der Waals surface area contributed by atoms with Gasteiger partial charge < -0.3 is 23.3 Å². The molecule has 0 radical (unpaired) electrons. The molecule has 15 heteroatoms. The van der Waals surface area contributed by atoms with E-state index in [1.54, 1.807) is 17.0 Å². The van der Waals surface area contributed by atoms with Crippen LogP contribution in [-0.4, -0.2) is 38.4 Å². The standard InChI is InChI=1S/C28H23ClN4O7S2.K/c1-3-31-23-15-21(29)22(30-2)16-24(23)32(17-41(34,35)36)27(31)10-7-11-28-33(18-42(37,38)39)25-14-20(12-13-26(25)40-28)19-8-5-4-6-9-19;/h4-16H,3,17-18H2,1H3,(H-,34,35,36,37,38,39);/q;+1/p-1. The molecule has 0 saturated heterocycles. The maximum absolute atomic E-state index is 11.8. The molecule has 0 unspecified atom stereocenters. The second-order valence-electron chi connectivity index (χ2n) is 9.25. The van der Waals surface area contributed by atoms with Crippen molar-refractivity contribution in [1.29, 1.82) is 0 Å². The van der Waals surface area contributed by atoms with Crippen LogP contribution in [-0.2, 0) is 26.1 Å². The Morgan fingerprint density at radius 2 is 1.67 bits per heavy atom. The number of anilines is 2. The van der Waals surface area contributed by atoms with Crippen molar-refractivity contribution in [3.63, 3.8) is 0 Å². The first-order chi connectivity index (χ1) is 19.9. The molecule has 11 nitrogen and oxygen atoms in total. The maximum atomic E-state index is 11.8. The van der Waals surface area contributed by atoms with Crippen LogP contribution in [0.15, 0.2) is 83.1 Å². The third-order valence-electron chi connectivity index (χ3n) is 6.51. The normalized spacial score (nSPS) is 14.3. The summed E-state index contributed by atoms with van der Waals surface area (Å²) in [5.74, 6) is -1.45. The van der Waals surface area contributed by atoms with Crippen molar-refractivity contribution in [3.05, 3.63) is 101 Å². The van der Waals surface area contributed by atoms with E-state index in [1.165, 1.54) is 39.8 Å². The summed E-state index contributed by atoms with van der Waals surface area (Å²) in [5.41, 5.74) is 3.30. The maximum Gasteiger partial charge on any atom is 1.00 e. The second kappa shape index (κ2) is 13.2. The zero-order chi connectivity index (χ0) is 30.2. The van der Waals surface area contributed by atoms with Crippen molar-refractivity contribution in [1.82, 2.24) is 0 Å². The van der Waals surface area contributed by atoms with Gasteiger partial charge in [0.1, 0.15) is 21.8 Å². The number of hydrogen-bond donors (Lipinski definition) is 0. The summed E-state index contributed by atoms with van der Waals surface area (Å²) in [6.07, 6.45) is 4.42. The summed E-state index contributed by atoms with van der Waals surface area (Å²) >= 11 is 6.24. The zero-order valence-corrected chi connectivity index (χ0v) is 28.5. The molecule has 0 fully saturated rings. The van der Waals surface area contributed by atoms with E-state index in [-0.39, 0.29) is 68.0 Å². The minimum absolute atomic E-state index is 0. The molecule has 216 valence electrons. The van der Waals surface area contributed by atoms with Crippen molar-refractivity contribution >= 4 is 66.1 Å². The number of aromatic nitrogens is 1. The van der Waals surface area contributed by atoms with Gasteiger partial charge in [0, 0.05) is 17.6 Å². The minimum Gasteiger partial charge on any atom is -0.747 e. The first-order valence-corrected chi connectivity index (χ1v) is 15.9. The Hall–Kier alpha value is -2.55. The number of benzene rings is 3. The SMILES string of the molecule is [C-]#[N+]c1cc2c(cc1Cl)N(CC)/C(=C\C=C\c1oc3ccc(-c4ccccc4)cc3[n+]1CS(=O)(=O)[O-])N2CS(=O)(=O)[O-].[K+]. The van der Waals surface area contributed by atoms with E-state index in [0.29, 0.717) is 34.8 Å². The molecule has 1 aliphatic rings. The zero-order valence-electron chi connectivity index (χ0n) is 23.0. The predicted octanol–water partition coefficient (Wildman–Crippen LogP) is 1.80. The quantitative estimate of drug-likeness (QED) is 0.119. The van der Waals surface area contributed by atoms with Crippen LogP contribution in [0.5, 0.6) is 0 Å². The van der Waals surface area contributed by atoms with E-state index in [1.807, 2.05) is 43.3 Å². The molecule has 4 aromatic rings. The van der Waals surface area contributed by atoms with Crippen molar-refractivity contribution in [3.8, 4) is 11.1 Å². The molecular formula is C28H22ClKN4O7S2. The monoisotopic (exact) mass is 664 g/mol. The van der Waals surface area contributed by atoms with Gasteiger partial charge in [0.25, 0.3) is 5.52 Å². The number of allylic oxidation sites excluding steroid dienone is 2. The summed E-state index contributed by atoms with van der Waals surface area (Å²) in [5, 5.41) is 0.168. The number of rotatable bonds is 8. The molecule has 0 saturated carbocycles. The number of fused-ring (bicyclic) bond motifs is 2. The topological polar surface area (TPSA) is 142 Å². The molecule has 0 amide bonds. The third kappa shape index (κ3) is 7.40. The Kier molecular flexibility index (Phi) is 10.2. The fourth-order valence-corrected chi connectivity index (χ4v) is 6.17. The van der Waals surface area contributed by atoms with Crippen LogP contribution in [0.4, 0.5) is 17.1 Å². The van der Waals surface area contributed by atoms with Crippen LogP contribution < -0.4 is 65.8 Å². The van der Waals surface area contributed by atoms with Gasteiger partial charge in [-0.3, -0.25) is 0 Å². The molecule has 0 bridgehead atoms. The van der Waals surface area contributed by atoms with E-state index in [2.05, 4.69) is 4.85 Å². The van der Waals surface area contributed by atoms with Gasteiger partial charge in [0.05, 0.1) is 24.0 Å². The van der Waals surface area contributed by atoms with Crippen LogP contribution in [0.3, 0.4) is 0 Å². The van der Waals surface area contributed by atoms with Crippen LogP contribution in [0.1, 0.15) is 12.8 Å². The van der Waals surface area contributed by atoms with Crippen molar-refractivity contribution in [2.24, 2.45) is 0 Å². The molecule has 3 aromatic carbocycles. The number of hydrogen-bond acceptors (Lipinski definition) is 9. The molecule has 0 atom stereocenters. The second-order valence-corrected chi connectivity index (χ2v) is 12.4. The van der Waals surface area contributed by atoms with Crippen molar-refractivity contribution in [2.45, 2.75) is 12.8 Å². The van der Waals surface area contributed by atoms with E-state index in [4.69, 9.17) is 22.6 Å². The Morgan fingerprint density at radius 3 is 2.30 bits per heavy atom. The fraction of sp³-hybridized carbons (Fsp3) is 0.143. The number of oxazole rings is 1. The van der Waals surface area contributed by atoms with Gasteiger partial charge in [-0.1, -0.05) is 48.0 Å². The van der Waals surface area contributed by atoms with Gasteiger partial charge in [-0.15, -0.1) is 4.57 Å². The number of halogens is 1. The van der Waals surface area contributed by atoms with Crippen molar-refractivity contribution in [2.75, 3.05) is 22.2 Å². The molecule has 1 aliphatic heterocycles. The van der Waals surface area contributed by atoms with E-state index in [9.17, 15) is 25.9 Å². The Labute approximate surface area is 296 Å². The predicted molar refractivity (Wildman–Crippen MR) is 156 cm³/mol. The van der Waals surface area contributed by atoms with Crippen LogP contribution in [0, 0.1) is 6.57 Å². The first-order valence-electron chi connectivity index (χ1n) is 12.4. The number of nitrogens with zero attached hydrogens (tertiary/aromatic N) is 4. The van der Waals surface area contributed by atoms with E-state index in [0.717, 1.165) is 11.1 Å². The van der Waals surface area contributed by atoms with Gasteiger partial charge in [0.2, 0.25) is 17.1 Å². The molecule has 43 heavy (non-hydrogen) atoms. The van der Waals surface area contributed by atoms with Crippen LogP contribution in [0.2, 0.25) is 5.02 Å². The summed E-state index contributed by atoms with van der Waals surface area (Å²) in [6.45, 7) is 9.53. The Balaban J connectivity index is 0.00000423. The molecule has 1 aromatic heterocycles. The average Bonchev–Trinajstić information content (AvgIpc) is 3.40. The summed E-state index contributed by atoms with van der Waals surface area (Å²) in [4.78, 5) is 6.34. The fourth-order valence-electron chi connectivity index (χ4n) is 4.80. The van der Waals surface area contributed by atoms with E-state index < -0.39 is 32.0 Å². The molecular weight excluding hydrogens is 643 g/mol. The molecule has 0 aliphatic carbocycles. The van der Waals surface area contributed by atoms with Crippen molar-refractivity contribution < 1.29 is 86.3 Å². The Bertz CT molecular complexity index is 2020. The molecule has 2 heterocycles. The van der Waals surface area contributed by atoms with Crippen LogP contribution in [0.25, 0.3) is 33.1 Å². The van der Waals surface area contributed by atoms with Crippen LogP contribution >= 0.6 is 11.6 Å².